The summed E-state index contributed by atoms with van der Waals surface area (Å²) in [5.74, 6) is -0.155. The van der Waals surface area contributed by atoms with Crippen LogP contribution in [0.3, 0.4) is 0 Å². The molecule has 2 aliphatic rings. The fourth-order valence-electron chi connectivity index (χ4n) is 3.09. The Morgan fingerprint density at radius 1 is 1.23 bits per heavy atom. The number of anilines is 1. The number of nitrogens with one attached hydrogen (secondary N) is 1. The van der Waals surface area contributed by atoms with Gasteiger partial charge in [-0.3, -0.25) is 4.79 Å². The monoisotopic (exact) mass is 322 g/mol. The second kappa shape index (κ2) is 6.64. The predicted octanol–water partition coefficient (Wildman–Crippen LogP) is 2.32. The van der Waals surface area contributed by atoms with E-state index in [0.29, 0.717) is 11.7 Å². The third kappa shape index (κ3) is 3.40. The van der Waals surface area contributed by atoms with Gasteiger partial charge in [-0.1, -0.05) is 0 Å². The van der Waals surface area contributed by atoms with E-state index in [1.807, 2.05) is 16.7 Å². The minimum Gasteiger partial charge on any atom is -0.325 e. The summed E-state index contributed by atoms with van der Waals surface area (Å²) in [6, 6.07) is 0.0973. The summed E-state index contributed by atoms with van der Waals surface area (Å²) in [6.45, 7) is 4.94. The van der Waals surface area contributed by atoms with E-state index in [2.05, 4.69) is 10.3 Å². The maximum absolute atomic E-state index is 12.4. The highest BCUT2D eigenvalue weighted by molar-refractivity contribution is 7.15. The maximum atomic E-state index is 12.4. The molecule has 0 aliphatic carbocycles. The van der Waals surface area contributed by atoms with Crippen LogP contribution in [0.5, 0.6) is 0 Å². The molecule has 2 fully saturated rings. The van der Waals surface area contributed by atoms with E-state index < -0.39 is 0 Å². The van der Waals surface area contributed by atoms with Crippen molar-refractivity contribution in [1.29, 1.82) is 0 Å². The molecule has 6 nitrogen and oxygen atoms in total. The highest BCUT2D eigenvalue weighted by atomic mass is 32.1. The van der Waals surface area contributed by atoms with Gasteiger partial charge >= 0.3 is 6.03 Å². The first-order valence-electron chi connectivity index (χ1n) is 7.90. The molecule has 1 atom stereocenters. The van der Waals surface area contributed by atoms with Crippen LogP contribution in [0, 0.1) is 12.8 Å². The quantitative estimate of drug-likeness (QED) is 0.909. The van der Waals surface area contributed by atoms with E-state index in [0.717, 1.165) is 50.2 Å². The van der Waals surface area contributed by atoms with E-state index >= 15 is 0 Å². The Morgan fingerprint density at radius 3 is 2.64 bits per heavy atom. The smallest absolute Gasteiger partial charge is 0.320 e. The van der Waals surface area contributed by atoms with E-state index in [1.165, 1.54) is 11.3 Å². The van der Waals surface area contributed by atoms with Gasteiger partial charge in [-0.15, -0.1) is 11.3 Å². The number of rotatable bonds is 2. The molecule has 0 spiro atoms. The summed E-state index contributed by atoms with van der Waals surface area (Å²) in [4.78, 5) is 33.8. The number of piperidine rings is 1. The van der Waals surface area contributed by atoms with Gasteiger partial charge in [0.1, 0.15) is 0 Å². The lowest BCUT2D eigenvalue weighted by Crippen LogP contribution is -2.48. The minimum atomic E-state index is -0.135. The van der Waals surface area contributed by atoms with Gasteiger partial charge in [0.25, 0.3) is 0 Å². The van der Waals surface area contributed by atoms with Gasteiger partial charge < -0.3 is 15.1 Å². The largest absolute Gasteiger partial charge is 0.325 e. The normalized spacial score (nSPS) is 22.0. The van der Waals surface area contributed by atoms with E-state index in [1.54, 1.807) is 6.20 Å². The van der Waals surface area contributed by atoms with Crippen molar-refractivity contribution in [1.82, 2.24) is 14.8 Å². The zero-order valence-corrected chi connectivity index (χ0v) is 13.7. The Labute approximate surface area is 134 Å². The van der Waals surface area contributed by atoms with Crippen LogP contribution in [-0.2, 0) is 4.79 Å². The topological polar surface area (TPSA) is 65.5 Å². The summed E-state index contributed by atoms with van der Waals surface area (Å²) >= 11 is 1.48. The molecule has 1 aromatic rings. The number of hydrogen-bond donors (Lipinski definition) is 1. The van der Waals surface area contributed by atoms with Gasteiger partial charge in [-0.25, -0.2) is 9.78 Å². The molecule has 120 valence electrons. The van der Waals surface area contributed by atoms with Gasteiger partial charge in [0, 0.05) is 37.3 Å². The number of thiazole rings is 1. The number of carbonyl (C=O) groups excluding carboxylic acids is 2. The zero-order chi connectivity index (χ0) is 15.5. The number of carbonyl (C=O) groups is 2. The SMILES string of the molecule is Cc1cnc(NC(=O)C2CCCN(C(=O)N3CCCC3)C2)s1. The second-order valence-electron chi connectivity index (χ2n) is 6.03. The van der Waals surface area contributed by atoms with Gasteiger partial charge in [0.05, 0.1) is 5.92 Å². The van der Waals surface area contributed by atoms with Crippen LogP contribution in [0.4, 0.5) is 9.93 Å². The van der Waals surface area contributed by atoms with Gasteiger partial charge in [-0.2, -0.15) is 0 Å². The molecule has 1 N–H and O–H groups in total. The van der Waals surface area contributed by atoms with Crippen molar-refractivity contribution in [2.45, 2.75) is 32.6 Å². The Kier molecular flexibility index (Phi) is 4.61. The van der Waals surface area contributed by atoms with Crippen LogP contribution in [0.15, 0.2) is 6.20 Å². The molecule has 3 rings (SSSR count). The zero-order valence-electron chi connectivity index (χ0n) is 12.9. The third-order valence-corrected chi connectivity index (χ3v) is 5.12. The number of likely N-dealkylation sites (tertiary alicyclic amines) is 2. The highest BCUT2D eigenvalue weighted by Crippen LogP contribution is 2.23. The van der Waals surface area contributed by atoms with Crippen molar-refractivity contribution in [2.75, 3.05) is 31.5 Å². The first kappa shape index (κ1) is 15.3. The first-order chi connectivity index (χ1) is 10.6. The van der Waals surface area contributed by atoms with E-state index in [4.69, 9.17) is 0 Å². The Morgan fingerprint density at radius 2 is 1.95 bits per heavy atom. The van der Waals surface area contributed by atoms with Crippen LogP contribution in [0.1, 0.15) is 30.6 Å². The standard InChI is InChI=1S/C15H22N4O2S/c1-11-9-16-14(22-11)17-13(20)12-5-4-8-19(10-12)15(21)18-6-2-3-7-18/h9,12H,2-8,10H2,1H3,(H,16,17,20). The molecule has 1 unspecified atom stereocenters. The first-order valence-corrected chi connectivity index (χ1v) is 8.72. The van der Waals surface area contributed by atoms with Crippen molar-refractivity contribution in [3.8, 4) is 0 Å². The second-order valence-corrected chi connectivity index (χ2v) is 7.26. The molecule has 2 saturated heterocycles. The summed E-state index contributed by atoms with van der Waals surface area (Å²) in [6.07, 6.45) is 5.65. The van der Waals surface area contributed by atoms with Crippen molar-refractivity contribution in [2.24, 2.45) is 5.92 Å². The lowest BCUT2D eigenvalue weighted by Gasteiger charge is -2.34. The lowest BCUT2D eigenvalue weighted by molar-refractivity contribution is -0.121. The molecule has 0 aromatic carbocycles. The third-order valence-electron chi connectivity index (χ3n) is 4.29. The lowest BCUT2D eigenvalue weighted by atomic mass is 9.97. The molecule has 1 aromatic heterocycles. The molecule has 0 bridgehead atoms. The summed E-state index contributed by atoms with van der Waals surface area (Å²) in [5, 5.41) is 3.52. The number of aromatic nitrogens is 1. The van der Waals surface area contributed by atoms with Crippen molar-refractivity contribution < 1.29 is 9.59 Å². The van der Waals surface area contributed by atoms with Crippen molar-refractivity contribution in [3.05, 3.63) is 11.1 Å². The maximum Gasteiger partial charge on any atom is 0.320 e. The molecular weight excluding hydrogens is 300 g/mol. The molecule has 3 amide bonds. The average molecular weight is 322 g/mol. The number of hydrogen-bond acceptors (Lipinski definition) is 4. The molecule has 0 saturated carbocycles. The van der Waals surface area contributed by atoms with Crippen LogP contribution < -0.4 is 5.32 Å². The molecule has 2 aliphatic heterocycles. The fraction of sp³-hybridized carbons (Fsp3) is 0.667. The Bertz CT molecular complexity index is 553. The van der Waals surface area contributed by atoms with Crippen molar-refractivity contribution >= 4 is 28.4 Å². The van der Waals surface area contributed by atoms with Gasteiger partial charge in [-0.05, 0) is 32.6 Å². The Hall–Kier alpha value is -1.63. The minimum absolute atomic E-state index is 0.0201. The number of amides is 3. The van der Waals surface area contributed by atoms with Crippen LogP contribution in [0.2, 0.25) is 0 Å². The fourth-order valence-corrected chi connectivity index (χ4v) is 3.76. The molecule has 3 heterocycles. The molecule has 0 radical (unpaired) electrons. The molecule has 7 heteroatoms. The number of urea groups is 1. The molecule has 22 heavy (non-hydrogen) atoms. The Balaban J connectivity index is 1.57. The van der Waals surface area contributed by atoms with Crippen molar-refractivity contribution in [3.63, 3.8) is 0 Å². The van der Waals surface area contributed by atoms with Gasteiger partial charge in [0.2, 0.25) is 5.91 Å². The van der Waals surface area contributed by atoms with E-state index in [-0.39, 0.29) is 17.9 Å². The summed E-state index contributed by atoms with van der Waals surface area (Å²) in [5.41, 5.74) is 0. The van der Waals surface area contributed by atoms with Crippen LogP contribution in [0.25, 0.3) is 0 Å². The summed E-state index contributed by atoms with van der Waals surface area (Å²) in [7, 11) is 0. The number of aryl methyl sites for hydroxylation is 1. The van der Waals surface area contributed by atoms with Crippen LogP contribution in [-0.4, -0.2) is 52.9 Å². The van der Waals surface area contributed by atoms with E-state index in [9.17, 15) is 9.59 Å². The highest BCUT2D eigenvalue weighted by Gasteiger charge is 2.31. The summed E-state index contributed by atoms with van der Waals surface area (Å²) < 4.78 is 0. The number of nitrogens with zero attached hydrogens (tertiary/aromatic N) is 3. The predicted molar refractivity (Wildman–Crippen MR) is 86.0 cm³/mol. The average Bonchev–Trinajstić information content (AvgIpc) is 3.18. The van der Waals surface area contributed by atoms with Gasteiger partial charge in [0.15, 0.2) is 5.13 Å². The molecular formula is C15H22N4O2S. The van der Waals surface area contributed by atoms with Crippen LogP contribution >= 0.6 is 11.3 Å².